The van der Waals surface area contributed by atoms with Crippen LogP contribution in [0.25, 0.3) is 10.9 Å². The Balaban J connectivity index is 1.72. The molecule has 0 bridgehead atoms. The number of rotatable bonds is 5. The Morgan fingerprint density at radius 2 is 1.53 bits per heavy atom. The van der Waals surface area contributed by atoms with E-state index in [0.29, 0.717) is 27.2 Å². The summed E-state index contributed by atoms with van der Waals surface area (Å²) in [6.07, 6.45) is 1.46. The van der Waals surface area contributed by atoms with Crippen molar-refractivity contribution in [1.29, 1.82) is 0 Å². The number of aromatic nitrogens is 1. The largest absolute Gasteiger partial charge is 0.337 e. The highest BCUT2D eigenvalue weighted by molar-refractivity contribution is 6.30. The molecular formula is C24H17ClN2O3. The van der Waals surface area contributed by atoms with Crippen LogP contribution in [0, 0.1) is 0 Å². The molecule has 0 saturated carbocycles. The van der Waals surface area contributed by atoms with Gasteiger partial charge in [0.25, 0.3) is 0 Å². The van der Waals surface area contributed by atoms with Crippen molar-refractivity contribution in [1.82, 2.24) is 4.57 Å². The molecule has 0 aliphatic carbocycles. The Labute approximate surface area is 177 Å². The molecule has 0 aliphatic heterocycles. The molecule has 148 valence electrons. The Morgan fingerprint density at radius 3 is 2.27 bits per heavy atom. The minimum absolute atomic E-state index is 0.0270. The van der Waals surface area contributed by atoms with Crippen molar-refractivity contribution in [3.63, 3.8) is 0 Å². The van der Waals surface area contributed by atoms with Crippen molar-refractivity contribution in [3.8, 4) is 0 Å². The third-order valence-electron chi connectivity index (χ3n) is 4.71. The maximum Gasteiger partial charge on any atom is 0.244 e. The number of amides is 1. The fourth-order valence-corrected chi connectivity index (χ4v) is 3.40. The Hall–Kier alpha value is -3.70. The number of halogens is 1. The highest BCUT2D eigenvalue weighted by atomic mass is 35.5. The predicted octanol–water partition coefficient (Wildman–Crippen LogP) is 4.52. The zero-order chi connectivity index (χ0) is 21.1. The topological polar surface area (TPSA) is 68.2 Å². The van der Waals surface area contributed by atoms with Crippen LogP contribution >= 0.6 is 11.6 Å². The van der Waals surface area contributed by atoms with Crippen molar-refractivity contribution < 1.29 is 9.59 Å². The van der Waals surface area contributed by atoms with E-state index in [1.54, 1.807) is 83.4 Å². The van der Waals surface area contributed by atoms with E-state index in [1.165, 1.54) is 6.20 Å². The van der Waals surface area contributed by atoms with Crippen LogP contribution in [0.3, 0.4) is 0 Å². The lowest BCUT2D eigenvalue weighted by Crippen LogP contribution is -2.24. The van der Waals surface area contributed by atoms with Crippen molar-refractivity contribution in [2.24, 2.45) is 0 Å². The van der Waals surface area contributed by atoms with E-state index in [0.717, 1.165) is 0 Å². The maximum atomic E-state index is 13.0. The molecule has 0 fully saturated rings. The van der Waals surface area contributed by atoms with Gasteiger partial charge >= 0.3 is 0 Å². The number of anilines is 1. The molecule has 5 nitrogen and oxygen atoms in total. The first-order valence-electron chi connectivity index (χ1n) is 9.30. The normalized spacial score (nSPS) is 10.7. The zero-order valence-corrected chi connectivity index (χ0v) is 16.6. The highest BCUT2D eigenvalue weighted by Crippen LogP contribution is 2.16. The first kappa shape index (κ1) is 19.6. The van der Waals surface area contributed by atoms with E-state index >= 15 is 0 Å². The van der Waals surface area contributed by atoms with Crippen LogP contribution in [-0.4, -0.2) is 16.3 Å². The molecule has 0 radical (unpaired) electrons. The first-order valence-corrected chi connectivity index (χ1v) is 9.68. The summed E-state index contributed by atoms with van der Waals surface area (Å²) in [6.45, 7) is -0.0571. The number of nitrogens with zero attached hydrogens (tertiary/aromatic N) is 1. The van der Waals surface area contributed by atoms with Gasteiger partial charge in [-0.3, -0.25) is 14.4 Å². The smallest absolute Gasteiger partial charge is 0.244 e. The number of hydrogen-bond donors (Lipinski definition) is 1. The molecule has 4 rings (SSSR count). The number of pyridine rings is 1. The lowest BCUT2D eigenvalue weighted by molar-refractivity contribution is -0.116. The predicted molar refractivity (Wildman–Crippen MR) is 118 cm³/mol. The van der Waals surface area contributed by atoms with Crippen LogP contribution in [0.4, 0.5) is 5.69 Å². The summed E-state index contributed by atoms with van der Waals surface area (Å²) >= 11 is 5.88. The van der Waals surface area contributed by atoms with Crippen molar-refractivity contribution in [3.05, 3.63) is 111 Å². The molecular weight excluding hydrogens is 400 g/mol. The van der Waals surface area contributed by atoms with Gasteiger partial charge in [0.2, 0.25) is 11.3 Å². The summed E-state index contributed by atoms with van der Waals surface area (Å²) in [7, 11) is 0. The second kappa shape index (κ2) is 8.35. The van der Waals surface area contributed by atoms with Crippen LogP contribution in [0.2, 0.25) is 5.02 Å². The van der Waals surface area contributed by atoms with E-state index in [-0.39, 0.29) is 29.2 Å². The number of nitrogens with one attached hydrogen (secondary N) is 1. The molecule has 1 heterocycles. The molecule has 6 heteroatoms. The number of carbonyl (C=O) groups is 2. The summed E-state index contributed by atoms with van der Waals surface area (Å²) in [5.41, 5.74) is 1.28. The second-order valence-corrected chi connectivity index (χ2v) is 7.20. The second-order valence-electron chi connectivity index (χ2n) is 6.77. The third kappa shape index (κ3) is 4.02. The van der Waals surface area contributed by atoms with Gasteiger partial charge in [0.15, 0.2) is 5.78 Å². The quantitative estimate of drug-likeness (QED) is 0.486. The Kier molecular flexibility index (Phi) is 5.46. The summed E-state index contributed by atoms with van der Waals surface area (Å²) < 4.78 is 1.62. The highest BCUT2D eigenvalue weighted by Gasteiger charge is 2.18. The Morgan fingerprint density at radius 1 is 0.867 bits per heavy atom. The lowest BCUT2D eigenvalue weighted by Gasteiger charge is -2.13. The van der Waals surface area contributed by atoms with Gasteiger partial charge in [0.05, 0.1) is 11.1 Å². The summed E-state index contributed by atoms with van der Waals surface area (Å²) in [4.78, 5) is 38.5. The standard InChI is InChI=1S/C24H17ClN2O3/c25-17-10-12-18(13-11-17)26-22(28)15-27-14-20(23(29)16-6-2-1-3-7-16)24(30)19-8-4-5-9-21(19)27/h1-14H,15H2,(H,26,28). The van der Waals surface area contributed by atoms with Gasteiger partial charge < -0.3 is 9.88 Å². The molecule has 1 N–H and O–H groups in total. The van der Waals surface area contributed by atoms with Gasteiger partial charge in [-0.25, -0.2) is 0 Å². The number of para-hydroxylation sites is 1. The summed E-state index contributed by atoms with van der Waals surface area (Å²) in [6, 6.07) is 22.3. The van der Waals surface area contributed by atoms with Gasteiger partial charge in [-0.2, -0.15) is 0 Å². The molecule has 0 aliphatic rings. The minimum Gasteiger partial charge on any atom is -0.337 e. The Bertz CT molecular complexity index is 1300. The van der Waals surface area contributed by atoms with E-state index in [9.17, 15) is 14.4 Å². The van der Waals surface area contributed by atoms with Gasteiger partial charge in [-0.1, -0.05) is 54.1 Å². The molecule has 30 heavy (non-hydrogen) atoms. The van der Waals surface area contributed by atoms with Crippen molar-refractivity contribution >= 4 is 39.9 Å². The summed E-state index contributed by atoms with van der Waals surface area (Å²) in [5.74, 6) is -0.664. The molecule has 0 spiro atoms. The minimum atomic E-state index is -0.377. The van der Waals surface area contributed by atoms with Crippen LogP contribution in [0.5, 0.6) is 0 Å². The average Bonchev–Trinajstić information content (AvgIpc) is 2.77. The third-order valence-corrected chi connectivity index (χ3v) is 4.96. The van der Waals surface area contributed by atoms with E-state index in [2.05, 4.69) is 5.32 Å². The van der Waals surface area contributed by atoms with Crippen LogP contribution in [0.1, 0.15) is 15.9 Å². The maximum absolute atomic E-state index is 13.0. The number of ketones is 1. The van der Waals surface area contributed by atoms with Gasteiger partial charge in [0.1, 0.15) is 6.54 Å². The van der Waals surface area contributed by atoms with Crippen LogP contribution in [0.15, 0.2) is 89.9 Å². The number of fused-ring (bicyclic) bond motifs is 1. The SMILES string of the molecule is O=C(Cn1cc(C(=O)c2ccccc2)c(=O)c2ccccc21)Nc1ccc(Cl)cc1. The van der Waals surface area contributed by atoms with E-state index in [4.69, 9.17) is 11.6 Å². The molecule has 1 amide bonds. The fourth-order valence-electron chi connectivity index (χ4n) is 3.27. The lowest BCUT2D eigenvalue weighted by atomic mass is 10.0. The van der Waals surface area contributed by atoms with Crippen molar-refractivity contribution in [2.75, 3.05) is 5.32 Å². The molecule has 0 unspecified atom stereocenters. The molecule has 4 aromatic rings. The van der Waals surface area contributed by atoms with Gasteiger partial charge in [-0.05, 0) is 36.4 Å². The summed E-state index contributed by atoms with van der Waals surface area (Å²) in [5, 5.41) is 3.76. The zero-order valence-electron chi connectivity index (χ0n) is 15.8. The molecule has 0 saturated heterocycles. The average molecular weight is 417 g/mol. The fraction of sp³-hybridized carbons (Fsp3) is 0.0417. The van der Waals surface area contributed by atoms with E-state index in [1.807, 2.05) is 0 Å². The number of hydrogen-bond acceptors (Lipinski definition) is 3. The first-order chi connectivity index (χ1) is 14.5. The molecule has 0 atom stereocenters. The van der Waals surface area contributed by atoms with Crippen molar-refractivity contribution in [2.45, 2.75) is 6.54 Å². The molecule has 3 aromatic carbocycles. The monoisotopic (exact) mass is 416 g/mol. The number of carbonyl (C=O) groups excluding carboxylic acids is 2. The van der Waals surface area contributed by atoms with Crippen LogP contribution in [-0.2, 0) is 11.3 Å². The van der Waals surface area contributed by atoms with Gasteiger partial charge in [-0.15, -0.1) is 0 Å². The molecule has 1 aromatic heterocycles. The van der Waals surface area contributed by atoms with E-state index < -0.39 is 0 Å². The number of benzene rings is 3. The van der Waals surface area contributed by atoms with Crippen LogP contribution < -0.4 is 10.7 Å². The van der Waals surface area contributed by atoms with Gasteiger partial charge in [0, 0.05) is 27.9 Å².